The molecule has 2 aromatic rings. The van der Waals surface area contributed by atoms with Crippen LogP contribution in [0, 0.1) is 13.8 Å². The highest BCUT2D eigenvalue weighted by molar-refractivity contribution is 5.92. The van der Waals surface area contributed by atoms with Crippen LogP contribution in [0.2, 0.25) is 0 Å². The Morgan fingerprint density at radius 2 is 2.00 bits per heavy atom. The van der Waals surface area contributed by atoms with E-state index < -0.39 is 0 Å². The molecule has 1 fully saturated rings. The zero-order valence-electron chi connectivity index (χ0n) is 16.2. The van der Waals surface area contributed by atoms with E-state index in [0.717, 1.165) is 35.6 Å². The molecular formula is C22H27N3O2. The fourth-order valence-corrected chi connectivity index (χ4v) is 3.66. The van der Waals surface area contributed by atoms with Crippen molar-refractivity contribution in [3.8, 4) is 5.69 Å². The molecule has 1 unspecified atom stereocenters. The van der Waals surface area contributed by atoms with Crippen molar-refractivity contribution in [2.75, 3.05) is 13.1 Å². The van der Waals surface area contributed by atoms with Gasteiger partial charge in [0.1, 0.15) is 0 Å². The van der Waals surface area contributed by atoms with Gasteiger partial charge in [-0.1, -0.05) is 18.2 Å². The Hall–Kier alpha value is -2.82. The molecule has 27 heavy (non-hydrogen) atoms. The van der Waals surface area contributed by atoms with Crippen molar-refractivity contribution < 1.29 is 9.59 Å². The van der Waals surface area contributed by atoms with Gasteiger partial charge in [0.15, 0.2) is 0 Å². The first-order valence-electron chi connectivity index (χ1n) is 9.46. The van der Waals surface area contributed by atoms with Crippen molar-refractivity contribution in [2.45, 2.75) is 39.7 Å². The van der Waals surface area contributed by atoms with Gasteiger partial charge in [0.2, 0.25) is 11.8 Å². The smallest absolute Gasteiger partial charge is 0.244 e. The number of carbonyl (C=O) groups is 2. The summed E-state index contributed by atoms with van der Waals surface area (Å²) in [7, 11) is 0. The van der Waals surface area contributed by atoms with Gasteiger partial charge in [-0.2, -0.15) is 0 Å². The summed E-state index contributed by atoms with van der Waals surface area (Å²) < 4.78 is 2.18. The maximum absolute atomic E-state index is 12.2. The average Bonchev–Trinajstić information content (AvgIpc) is 3.16. The van der Waals surface area contributed by atoms with E-state index in [1.807, 2.05) is 36.1 Å². The largest absolute Gasteiger partial charge is 0.348 e. The van der Waals surface area contributed by atoms with Gasteiger partial charge >= 0.3 is 0 Å². The second kappa shape index (κ2) is 8.25. The fourth-order valence-electron chi connectivity index (χ4n) is 3.66. The third-order valence-electron chi connectivity index (χ3n) is 4.95. The molecular weight excluding hydrogens is 338 g/mol. The quantitative estimate of drug-likeness (QED) is 0.799. The van der Waals surface area contributed by atoms with E-state index in [1.54, 1.807) is 6.08 Å². The third-order valence-corrected chi connectivity index (χ3v) is 4.95. The molecule has 5 nitrogen and oxygen atoms in total. The van der Waals surface area contributed by atoms with Crippen LogP contribution in [0.1, 0.15) is 36.7 Å². The van der Waals surface area contributed by atoms with Crippen LogP contribution in [-0.4, -0.2) is 40.4 Å². The molecule has 5 heteroatoms. The summed E-state index contributed by atoms with van der Waals surface area (Å²) in [5.41, 5.74) is 4.35. The average molecular weight is 365 g/mol. The monoisotopic (exact) mass is 365 g/mol. The Bertz CT molecular complexity index is 852. The summed E-state index contributed by atoms with van der Waals surface area (Å²) in [4.78, 5) is 25.8. The molecule has 0 spiro atoms. The van der Waals surface area contributed by atoms with Crippen LogP contribution in [0.3, 0.4) is 0 Å². The van der Waals surface area contributed by atoms with Crippen molar-refractivity contribution in [1.82, 2.24) is 14.8 Å². The number of amides is 2. The van der Waals surface area contributed by atoms with Gasteiger partial charge in [-0.15, -0.1) is 0 Å². The number of likely N-dealkylation sites (tertiary alicyclic amines) is 1. The molecule has 2 heterocycles. The normalized spacial score (nSPS) is 15.5. The van der Waals surface area contributed by atoms with Crippen molar-refractivity contribution in [3.05, 3.63) is 59.4 Å². The molecule has 0 radical (unpaired) electrons. The second-order valence-electron chi connectivity index (χ2n) is 7.18. The van der Waals surface area contributed by atoms with E-state index in [-0.39, 0.29) is 17.9 Å². The molecule has 1 saturated heterocycles. The Labute approximate surface area is 160 Å². The van der Waals surface area contributed by atoms with Crippen molar-refractivity contribution in [2.24, 2.45) is 0 Å². The Kier molecular flexibility index (Phi) is 5.79. The van der Waals surface area contributed by atoms with Crippen LogP contribution < -0.4 is 5.32 Å². The first kappa shape index (κ1) is 19.0. The Balaban J connectivity index is 1.64. The first-order chi connectivity index (χ1) is 13.0. The zero-order chi connectivity index (χ0) is 19.4. The number of aromatic nitrogens is 1. The summed E-state index contributed by atoms with van der Waals surface area (Å²) in [5.74, 6) is 0.0404. The van der Waals surface area contributed by atoms with Crippen LogP contribution in [-0.2, 0) is 9.59 Å². The van der Waals surface area contributed by atoms with Gasteiger partial charge in [0, 0.05) is 48.7 Å². The SMILES string of the molecule is Cc1cc(C=CC(=O)NC(C)CN2CCCC2=O)c(C)n1-c1ccccc1. The summed E-state index contributed by atoms with van der Waals surface area (Å²) in [6, 6.07) is 12.2. The predicted molar refractivity (Wildman–Crippen MR) is 108 cm³/mol. The Morgan fingerprint density at radius 1 is 1.26 bits per heavy atom. The molecule has 1 aliphatic heterocycles. The lowest BCUT2D eigenvalue weighted by Gasteiger charge is -2.21. The van der Waals surface area contributed by atoms with Crippen molar-refractivity contribution in [3.63, 3.8) is 0 Å². The zero-order valence-corrected chi connectivity index (χ0v) is 16.2. The molecule has 142 valence electrons. The highest BCUT2D eigenvalue weighted by atomic mass is 16.2. The molecule has 1 N–H and O–H groups in total. The van der Waals surface area contributed by atoms with Gasteiger partial charge in [0.05, 0.1) is 0 Å². The van der Waals surface area contributed by atoms with Gasteiger partial charge in [-0.05, 0) is 57.0 Å². The maximum Gasteiger partial charge on any atom is 0.244 e. The third kappa shape index (κ3) is 4.48. The van der Waals surface area contributed by atoms with E-state index in [9.17, 15) is 9.59 Å². The number of carbonyl (C=O) groups excluding carboxylic acids is 2. The summed E-state index contributed by atoms with van der Waals surface area (Å²) in [6.45, 7) is 7.41. The van der Waals surface area contributed by atoms with Gasteiger partial charge < -0.3 is 14.8 Å². The number of para-hydroxylation sites is 1. The highest BCUT2D eigenvalue weighted by Crippen LogP contribution is 2.21. The van der Waals surface area contributed by atoms with Crippen LogP contribution in [0.15, 0.2) is 42.5 Å². The molecule has 0 aliphatic carbocycles. The number of nitrogens with zero attached hydrogens (tertiary/aromatic N) is 2. The van der Waals surface area contributed by atoms with E-state index in [2.05, 4.69) is 41.9 Å². The number of hydrogen-bond acceptors (Lipinski definition) is 2. The maximum atomic E-state index is 12.2. The lowest BCUT2D eigenvalue weighted by Crippen LogP contribution is -2.41. The van der Waals surface area contributed by atoms with Gasteiger partial charge in [-0.25, -0.2) is 0 Å². The van der Waals surface area contributed by atoms with Crippen molar-refractivity contribution >= 4 is 17.9 Å². The molecule has 1 atom stereocenters. The molecule has 1 aromatic heterocycles. The summed E-state index contributed by atoms with van der Waals surface area (Å²) in [5, 5.41) is 2.94. The molecule has 3 rings (SSSR count). The number of aryl methyl sites for hydroxylation is 1. The number of nitrogens with one attached hydrogen (secondary N) is 1. The van der Waals surface area contributed by atoms with E-state index in [4.69, 9.17) is 0 Å². The van der Waals surface area contributed by atoms with E-state index in [0.29, 0.717) is 13.0 Å². The predicted octanol–water partition coefficient (Wildman–Crippen LogP) is 3.23. The standard InChI is InChI=1S/C22H27N3O2/c1-16(15-24-13-7-10-22(24)27)23-21(26)12-11-19-14-17(2)25(18(19)3)20-8-5-4-6-9-20/h4-6,8-9,11-12,14,16H,7,10,13,15H2,1-3H3,(H,23,26). The molecule has 1 aromatic carbocycles. The molecule has 0 bridgehead atoms. The number of rotatable bonds is 6. The van der Waals surface area contributed by atoms with Gasteiger partial charge in [-0.3, -0.25) is 9.59 Å². The Morgan fingerprint density at radius 3 is 2.67 bits per heavy atom. The minimum Gasteiger partial charge on any atom is -0.348 e. The molecule has 1 aliphatic rings. The number of hydrogen-bond donors (Lipinski definition) is 1. The summed E-state index contributed by atoms with van der Waals surface area (Å²) in [6.07, 6.45) is 4.96. The van der Waals surface area contributed by atoms with Crippen LogP contribution in [0.25, 0.3) is 11.8 Å². The van der Waals surface area contributed by atoms with E-state index in [1.165, 1.54) is 0 Å². The molecule has 2 amide bonds. The highest BCUT2D eigenvalue weighted by Gasteiger charge is 2.22. The topological polar surface area (TPSA) is 54.3 Å². The van der Waals surface area contributed by atoms with Crippen LogP contribution >= 0.6 is 0 Å². The summed E-state index contributed by atoms with van der Waals surface area (Å²) >= 11 is 0. The lowest BCUT2D eigenvalue weighted by atomic mass is 10.2. The fraction of sp³-hybridized carbons (Fsp3) is 0.364. The first-order valence-corrected chi connectivity index (χ1v) is 9.46. The van der Waals surface area contributed by atoms with Gasteiger partial charge in [0.25, 0.3) is 0 Å². The lowest BCUT2D eigenvalue weighted by molar-refractivity contribution is -0.128. The number of benzene rings is 1. The minimum absolute atomic E-state index is 0.0686. The molecule has 0 saturated carbocycles. The van der Waals surface area contributed by atoms with Crippen LogP contribution in [0.5, 0.6) is 0 Å². The minimum atomic E-state index is -0.140. The van der Waals surface area contributed by atoms with Crippen LogP contribution in [0.4, 0.5) is 0 Å². The second-order valence-corrected chi connectivity index (χ2v) is 7.18. The van der Waals surface area contributed by atoms with E-state index >= 15 is 0 Å². The van der Waals surface area contributed by atoms with Crippen molar-refractivity contribution in [1.29, 1.82) is 0 Å².